The van der Waals surface area contributed by atoms with Crippen LogP contribution in [0.15, 0.2) is 36.5 Å². The molecule has 2 aromatic rings. The van der Waals surface area contributed by atoms with Gasteiger partial charge in [0, 0.05) is 6.20 Å². The zero-order valence-corrected chi connectivity index (χ0v) is 12.0. The Bertz CT molecular complexity index is 708. The first-order valence-corrected chi connectivity index (χ1v) is 6.81. The molecule has 0 radical (unpaired) electrons. The fourth-order valence-electron chi connectivity index (χ4n) is 2.21. The maximum Gasteiger partial charge on any atom is 0.269 e. The molecule has 2 heterocycles. The lowest BCUT2D eigenvalue weighted by atomic mass is 10.1. The molecule has 0 saturated heterocycles. The number of nitrogens with zero attached hydrogens (tertiary/aromatic N) is 2. The third-order valence-electron chi connectivity index (χ3n) is 3.25. The van der Waals surface area contributed by atoms with Crippen LogP contribution >= 0.6 is 11.6 Å². The zero-order chi connectivity index (χ0) is 15.0. The van der Waals surface area contributed by atoms with Gasteiger partial charge in [0.25, 0.3) is 5.91 Å². The Hall–Kier alpha value is -2.14. The third kappa shape index (κ3) is 2.56. The second kappa shape index (κ2) is 5.33. The lowest BCUT2D eigenvalue weighted by Crippen LogP contribution is -2.44. The van der Waals surface area contributed by atoms with E-state index in [1.165, 1.54) is 17.0 Å². The number of benzene rings is 1. The van der Waals surface area contributed by atoms with Gasteiger partial charge < -0.3 is 4.74 Å². The summed E-state index contributed by atoms with van der Waals surface area (Å²) in [4.78, 5) is 18.0. The number of ether oxygens (including phenoxy) is 1. The quantitative estimate of drug-likeness (QED) is 0.856. The van der Waals surface area contributed by atoms with Crippen molar-refractivity contribution in [3.63, 3.8) is 0 Å². The van der Waals surface area contributed by atoms with Crippen molar-refractivity contribution in [3.8, 4) is 5.75 Å². The van der Waals surface area contributed by atoms with Crippen molar-refractivity contribution in [2.45, 2.75) is 19.6 Å². The number of hydrogen-bond acceptors (Lipinski definition) is 3. The number of hydrogen-bond donors (Lipinski definition) is 0. The Morgan fingerprint density at radius 2 is 2.24 bits per heavy atom. The summed E-state index contributed by atoms with van der Waals surface area (Å²) >= 11 is 5.78. The van der Waals surface area contributed by atoms with Gasteiger partial charge in [-0.1, -0.05) is 17.7 Å². The molecule has 1 aliphatic rings. The first kappa shape index (κ1) is 13.8. The van der Waals surface area contributed by atoms with Crippen LogP contribution < -0.4 is 9.64 Å². The second-order valence-electron chi connectivity index (χ2n) is 4.76. The minimum atomic E-state index is -0.586. The van der Waals surface area contributed by atoms with Gasteiger partial charge in [-0.2, -0.15) is 0 Å². The molecule has 1 atom stereocenters. The Morgan fingerprint density at radius 1 is 1.43 bits per heavy atom. The van der Waals surface area contributed by atoms with Crippen molar-refractivity contribution in [1.29, 1.82) is 0 Å². The highest BCUT2D eigenvalue weighted by Gasteiger charge is 2.32. The summed E-state index contributed by atoms with van der Waals surface area (Å²) in [7, 11) is 0. The fourth-order valence-corrected chi connectivity index (χ4v) is 2.42. The molecular formula is C15H12ClFN2O2. The number of rotatable bonds is 2. The van der Waals surface area contributed by atoms with E-state index in [-0.39, 0.29) is 17.5 Å². The predicted molar refractivity (Wildman–Crippen MR) is 76.9 cm³/mol. The van der Waals surface area contributed by atoms with E-state index in [9.17, 15) is 9.18 Å². The van der Waals surface area contributed by atoms with Crippen LogP contribution in [0.3, 0.4) is 0 Å². The molecule has 3 rings (SSSR count). The summed E-state index contributed by atoms with van der Waals surface area (Å²) in [6.07, 6.45) is 1.01. The van der Waals surface area contributed by atoms with Crippen molar-refractivity contribution in [3.05, 3.63) is 52.9 Å². The fraction of sp³-hybridized carbons (Fsp3) is 0.200. The van der Waals surface area contributed by atoms with E-state index in [0.29, 0.717) is 11.6 Å². The summed E-state index contributed by atoms with van der Waals surface area (Å²) in [5.41, 5.74) is 0.723. The number of amides is 1. The van der Waals surface area contributed by atoms with E-state index in [1.807, 2.05) is 0 Å². The summed E-state index contributed by atoms with van der Waals surface area (Å²) < 4.78 is 18.7. The molecule has 108 valence electrons. The van der Waals surface area contributed by atoms with E-state index in [2.05, 4.69) is 4.98 Å². The zero-order valence-electron chi connectivity index (χ0n) is 11.2. The van der Waals surface area contributed by atoms with Gasteiger partial charge >= 0.3 is 0 Å². The lowest BCUT2D eigenvalue weighted by Gasteiger charge is -2.31. The van der Waals surface area contributed by atoms with E-state index in [0.717, 1.165) is 5.56 Å². The number of anilines is 1. The molecule has 0 saturated carbocycles. The van der Waals surface area contributed by atoms with E-state index < -0.39 is 11.9 Å². The number of pyridine rings is 1. The molecule has 0 spiro atoms. The smallest absolute Gasteiger partial charge is 0.269 e. The summed E-state index contributed by atoms with van der Waals surface area (Å²) in [5, 5.41) is 0.0301. The number of aromatic nitrogens is 1. The average molecular weight is 307 g/mol. The minimum Gasteiger partial charge on any atom is -0.477 e. The molecule has 0 bridgehead atoms. The molecule has 21 heavy (non-hydrogen) atoms. The van der Waals surface area contributed by atoms with Gasteiger partial charge in [-0.15, -0.1) is 0 Å². The van der Waals surface area contributed by atoms with Gasteiger partial charge in [-0.3, -0.25) is 9.69 Å². The van der Waals surface area contributed by atoms with Gasteiger partial charge in [-0.25, -0.2) is 9.37 Å². The van der Waals surface area contributed by atoms with Crippen LogP contribution in [0.2, 0.25) is 5.02 Å². The molecule has 0 N–H and O–H groups in total. The SMILES string of the molecule is CC1Oc2cccnc2N(Cc2ccc(F)c(Cl)c2)C1=O. The predicted octanol–water partition coefficient (Wildman–Crippen LogP) is 3.19. The highest BCUT2D eigenvalue weighted by atomic mass is 35.5. The van der Waals surface area contributed by atoms with Crippen LogP contribution in [0.1, 0.15) is 12.5 Å². The molecule has 6 heteroatoms. The van der Waals surface area contributed by atoms with Crippen LogP contribution in [0.5, 0.6) is 5.75 Å². The van der Waals surface area contributed by atoms with Crippen molar-refractivity contribution < 1.29 is 13.9 Å². The summed E-state index contributed by atoms with van der Waals surface area (Å²) in [5.74, 6) is 0.334. The average Bonchev–Trinajstić information content (AvgIpc) is 2.47. The van der Waals surface area contributed by atoms with E-state index in [4.69, 9.17) is 16.3 Å². The van der Waals surface area contributed by atoms with Gasteiger partial charge in [0.2, 0.25) is 0 Å². The van der Waals surface area contributed by atoms with Crippen LogP contribution in [-0.2, 0) is 11.3 Å². The molecule has 1 aromatic carbocycles. The first-order valence-electron chi connectivity index (χ1n) is 6.43. The van der Waals surface area contributed by atoms with Crippen LogP contribution in [-0.4, -0.2) is 17.0 Å². The van der Waals surface area contributed by atoms with Crippen LogP contribution in [0, 0.1) is 5.82 Å². The number of halogens is 2. The highest BCUT2D eigenvalue weighted by Crippen LogP contribution is 2.32. The van der Waals surface area contributed by atoms with Gasteiger partial charge in [0.05, 0.1) is 11.6 Å². The highest BCUT2D eigenvalue weighted by molar-refractivity contribution is 6.30. The normalized spacial score (nSPS) is 17.4. The molecule has 0 fully saturated rings. The monoisotopic (exact) mass is 306 g/mol. The molecule has 0 aliphatic carbocycles. The van der Waals surface area contributed by atoms with Crippen molar-refractivity contribution in [2.75, 3.05) is 4.90 Å². The van der Waals surface area contributed by atoms with Crippen LogP contribution in [0.25, 0.3) is 0 Å². The third-order valence-corrected chi connectivity index (χ3v) is 3.54. The number of carbonyl (C=O) groups excluding carboxylic acids is 1. The Kier molecular flexibility index (Phi) is 3.51. The summed E-state index contributed by atoms with van der Waals surface area (Å²) in [6.45, 7) is 1.94. The van der Waals surface area contributed by atoms with Gasteiger partial charge in [0.1, 0.15) is 5.82 Å². The Labute approximate surface area is 126 Å². The maximum atomic E-state index is 13.2. The van der Waals surface area contributed by atoms with Crippen molar-refractivity contribution >= 4 is 23.3 Å². The second-order valence-corrected chi connectivity index (χ2v) is 5.17. The lowest BCUT2D eigenvalue weighted by molar-refractivity contribution is -0.125. The van der Waals surface area contributed by atoms with E-state index in [1.54, 1.807) is 31.3 Å². The first-order chi connectivity index (χ1) is 10.1. The van der Waals surface area contributed by atoms with Crippen LogP contribution in [0.4, 0.5) is 10.2 Å². The van der Waals surface area contributed by atoms with Crippen molar-refractivity contribution in [2.24, 2.45) is 0 Å². The number of fused-ring (bicyclic) bond motifs is 1. The Morgan fingerprint density at radius 3 is 3.00 bits per heavy atom. The molecule has 1 aliphatic heterocycles. The van der Waals surface area contributed by atoms with Gasteiger partial charge in [0.15, 0.2) is 17.7 Å². The standard InChI is InChI=1S/C15H12ClFN2O2/c1-9-15(20)19(14-13(21-9)3-2-6-18-14)8-10-4-5-12(17)11(16)7-10/h2-7,9H,8H2,1H3. The largest absolute Gasteiger partial charge is 0.477 e. The molecule has 1 unspecified atom stereocenters. The topological polar surface area (TPSA) is 42.4 Å². The summed E-state index contributed by atoms with van der Waals surface area (Å²) in [6, 6.07) is 7.89. The molecule has 4 nitrogen and oxygen atoms in total. The molecular weight excluding hydrogens is 295 g/mol. The minimum absolute atomic E-state index is 0.0301. The maximum absolute atomic E-state index is 13.2. The molecule has 1 amide bonds. The number of carbonyl (C=O) groups is 1. The van der Waals surface area contributed by atoms with E-state index >= 15 is 0 Å². The Balaban J connectivity index is 1.96. The molecule has 1 aromatic heterocycles. The van der Waals surface area contributed by atoms with Gasteiger partial charge in [-0.05, 0) is 36.8 Å². The van der Waals surface area contributed by atoms with Crippen molar-refractivity contribution in [1.82, 2.24) is 4.98 Å².